The van der Waals surface area contributed by atoms with Crippen molar-refractivity contribution >= 4 is 11.5 Å². The van der Waals surface area contributed by atoms with Gasteiger partial charge < -0.3 is 13.9 Å². The number of carbonyl (C=O) groups is 1. The summed E-state index contributed by atoms with van der Waals surface area (Å²) in [6, 6.07) is 9.61. The zero-order valence-corrected chi connectivity index (χ0v) is 15.4. The van der Waals surface area contributed by atoms with Gasteiger partial charge in [-0.2, -0.15) is 0 Å². The van der Waals surface area contributed by atoms with Crippen LogP contribution in [-0.2, 0) is 4.74 Å². The second kappa shape index (κ2) is 9.11. The molecule has 4 nitrogen and oxygen atoms in total. The van der Waals surface area contributed by atoms with Gasteiger partial charge in [-0.15, -0.1) is 0 Å². The molecule has 1 aromatic carbocycles. The molecule has 1 aromatic heterocycles. The quantitative estimate of drug-likeness (QED) is 0.476. The van der Waals surface area contributed by atoms with Crippen LogP contribution in [0.1, 0.15) is 60.6 Å². The van der Waals surface area contributed by atoms with E-state index >= 15 is 0 Å². The highest BCUT2D eigenvalue weighted by molar-refractivity contribution is 5.92. The molecule has 0 unspecified atom stereocenters. The number of allylic oxidation sites excluding steroid dienone is 1. The molecule has 0 aliphatic rings. The number of methoxy groups -OCH3 is 1. The zero-order valence-electron chi connectivity index (χ0n) is 15.4. The highest BCUT2D eigenvalue weighted by Crippen LogP contribution is 2.30. The van der Waals surface area contributed by atoms with Gasteiger partial charge in [0.15, 0.2) is 0 Å². The molecule has 0 atom stereocenters. The standard InChI is InChI=1S/C21H26O4/c1-5-7-8-12-18(16-10-9-11-17(13-16)23-4)20-14-19(15(3)25-20)21(22)24-6-2/h9-14H,5-8H2,1-4H3/b18-12+. The highest BCUT2D eigenvalue weighted by Gasteiger charge is 2.19. The van der Waals surface area contributed by atoms with Crippen LogP contribution >= 0.6 is 0 Å². The molecule has 0 fully saturated rings. The number of carbonyl (C=O) groups excluding carboxylic acids is 1. The Morgan fingerprint density at radius 2 is 2.04 bits per heavy atom. The largest absolute Gasteiger partial charge is 0.497 e. The van der Waals surface area contributed by atoms with Gasteiger partial charge in [0.1, 0.15) is 22.8 Å². The molecule has 0 aliphatic heterocycles. The fourth-order valence-corrected chi connectivity index (χ4v) is 2.63. The minimum Gasteiger partial charge on any atom is -0.497 e. The van der Waals surface area contributed by atoms with Crippen molar-refractivity contribution in [1.82, 2.24) is 0 Å². The molecule has 0 amide bonds. The first-order chi connectivity index (χ1) is 12.1. The fourth-order valence-electron chi connectivity index (χ4n) is 2.63. The minimum atomic E-state index is -0.353. The number of furan rings is 1. The van der Waals surface area contributed by atoms with E-state index in [2.05, 4.69) is 13.0 Å². The van der Waals surface area contributed by atoms with Gasteiger partial charge in [-0.1, -0.05) is 38.0 Å². The zero-order chi connectivity index (χ0) is 18.2. The van der Waals surface area contributed by atoms with E-state index in [1.54, 1.807) is 27.0 Å². The van der Waals surface area contributed by atoms with E-state index in [1.165, 1.54) is 0 Å². The smallest absolute Gasteiger partial charge is 0.341 e. The van der Waals surface area contributed by atoms with Crippen molar-refractivity contribution in [3.63, 3.8) is 0 Å². The van der Waals surface area contributed by atoms with E-state index < -0.39 is 0 Å². The number of benzene rings is 1. The molecule has 0 saturated carbocycles. The fraction of sp³-hybridized carbons (Fsp3) is 0.381. The maximum atomic E-state index is 12.1. The van der Waals surface area contributed by atoms with Gasteiger partial charge >= 0.3 is 5.97 Å². The third kappa shape index (κ3) is 4.75. The van der Waals surface area contributed by atoms with Crippen molar-refractivity contribution in [2.75, 3.05) is 13.7 Å². The number of hydrogen-bond donors (Lipinski definition) is 0. The maximum Gasteiger partial charge on any atom is 0.341 e. The lowest BCUT2D eigenvalue weighted by Crippen LogP contribution is -2.04. The van der Waals surface area contributed by atoms with E-state index in [0.717, 1.165) is 36.1 Å². The number of esters is 1. The van der Waals surface area contributed by atoms with Crippen LogP contribution in [0.25, 0.3) is 5.57 Å². The minimum absolute atomic E-state index is 0.341. The Bertz CT molecular complexity index is 740. The molecule has 0 saturated heterocycles. The molecule has 2 rings (SSSR count). The Morgan fingerprint density at radius 3 is 2.72 bits per heavy atom. The Labute approximate surface area is 149 Å². The van der Waals surface area contributed by atoms with Gasteiger partial charge in [0, 0.05) is 5.57 Å². The first kappa shape index (κ1) is 18.8. The van der Waals surface area contributed by atoms with Gasteiger partial charge in [-0.25, -0.2) is 4.79 Å². The van der Waals surface area contributed by atoms with Crippen molar-refractivity contribution in [1.29, 1.82) is 0 Å². The van der Waals surface area contributed by atoms with E-state index in [4.69, 9.17) is 13.9 Å². The molecule has 0 radical (unpaired) electrons. The lowest BCUT2D eigenvalue weighted by atomic mass is 10.0. The van der Waals surface area contributed by atoms with Gasteiger partial charge in [0.25, 0.3) is 0 Å². The summed E-state index contributed by atoms with van der Waals surface area (Å²) in [4.78, 5) is 12.1. The van der Waals surface area contributed by atoms with Crippen molar-refractivity contribution in [2.45, 2.75) is 40.0 Å². The first-order valence-electron chi connectivity index (χ1n) is 8.73. The highest BCUT2D eigenvalue weighted by atomic mass is 16.5. The second-order valence-electron chi connectivity index (χ2n) is 5.79. The van der Waals surface area contributed by atoms with Crippen LogP contribution in [0.15, 0.2) is 40.8 Å². The molecule has 0 spiro atoms. The monoisotopic (exact) mass is 342 g/mol. The molecular formula is C21H26O4. The molecule has 25 heavy (non-hydrogen) atoms. The predicted molar refractivity (Wildman–Crippen MR) is 99.0 cm³/mol. The van der Waals surface area contributed by atoms with Crippen molar-refractivity contribution < 1.29 is 18.7 Å². The van der Waals surface area contributed by atoms with Crippen LogP contribution in [-0.4, -0.2) is 19.7 Å². The van der Waals surface area contributed by atoms with Gasteiger partial charge in [-0.3, -0.25) is 0 Å². The number of rotatable bonds is 8. The van der Waals surface area contributed by atoms with E-state index in [0.29, 0.717) is 23.7 Å². The summed E-state index contributed by atoms with van der Waals surface area (Å²) in [6.07, 6.45) is 5.31. The topological polar surface area (TPSA) is 48.7 Å². The number of unbranched alkanes of at least 4 members (excludes halogenated alkanes) is 2. The predicted octanol–water partition coefficient (Wildman–Crippen LogP) is 5.40. The molecule has 134 valence electrons. The number of ether oxygens (including phenoxy) is 2. The summed E-state index contributed by atoms with van der Waals surface area (Å²) >= 11 is 0. The third-order valence-corrected chi connectivity index (χ3v) is 3.97. The Hall–Kier alpha value is -2.49. The van der Waals surface area contributed by atoms with Crippen LogP contribution in [0.2, 0.25) is 0 Å². The summed E-state index contributed by atoms with van der Waals surface area (Å²) in [5.41, 5.74) is 2.44. The molecule has 4 heteroatoms. The Kier molecular flexibility index (Phi) is 6.87. The van der Waals surface area contributed by atoms with Crippen LogP contribution in [0.4, 0.5) is 0 Å². The Balaban J connectivity index is 2.44. The summed E-state index contributed by atoms with van der Waals surface area (Å²) in [5.74, 6) is 1.67. The third-order valence-electron chi connectivity index (χ3n) is 3.97. The van der Waals surface area contributed by atoms with Gasteiger partial charge in [0.05, 0.1) is 13.7 Å². The molecule has 0 aliphatic carbocycles. The van der Waals surface area contributed by atoms with Crippen molar-refractivity contribution in [2.24, 2.45) is 0 Å². The second-order valence-corrected chi connectivity index (χ2v) is 5.79. The summed E-state index contributed by atoms with van der Waals surface area (Å²) in [7, 11) is 1.65. The molecule has 0 N–H and O–H groups in total. The van der Waals surface area contributed by atoms with Crippen LogP contribution in [0, 0.1) is 6.92 Å². The summed E-state index contributed by atoms with van der Waals surface area (Å²) in [6.45, 7) is 6.08. The van der Waals surface area contributed by atoms with Crippen molar-refractivity contribution in [3.8, 4) is 5.75 Å². The number of aryl methyl sites for hydroxylation is 1. The average Bonchev–Trinajstić information content (AvgIpc) is 3.00. The number of hydrogen-bond acceptors (Lipinski definition) is 4. The normalized spacial score (nSPS) is 11.4. The molecule has 0 bridgehead atoms. The Morgan fingerprint density at radius 1 is 1.24 bits per heavy atom. The van der Waals surface area contributed by atoms with E-state index in [9.17, 15) is 4.79 Å². The van der Waals surface area contributed by atoms with Gasteiger partial charge in [0.2, 0.25) is 0 Å². The lowest BCUT2D eigenvalue weighted by molar-refractivity contribution is 0.0524. The molecule has 2 aromatic rings. The summed E-state index contributed by atoms with van der Waals surface area (Å²) < 4.78 is 16.3. The van der Waals surface area contributed by atoms with E-state index in [1.807, 2.05) is 24.3 Å². The molecular weight excluding hydrogens is 316 g/mol. The summed E-state index contributed by atoms with van der Waals surface area (Å²) in [5, 5.41) is 0. The van der Waals surface area contributed by atoms with Crippen LogP contribution < -0.4 is 4.74 Å². The SMILES string of the molecule is CCCC/C=C(\c1cccc(OC)c1)c1cc(C(=O)OCC)c(C)o1. The lowest BCUT2D eigenvalue weighted by Gasteiger charge is -2.08. The van der Waals surface area contributed by atoms with Crippen LogP contribution in [0.3, 0.4) is 0 Å². The average molecular weight is 342 g/mol. The first-order valence-corrected chi connectivity index (χ1v) is 8.73. The molecule has 1 heterocycles. The van der Waals surface area contributed by atoms with Gasteiger partial charge in [-0.05, 0) is 44.0 Å². The maximum absolute atomic E-state index is 12.1. The van der Waals surface area contributed by atoms with Crippen LogP contribution in [0.5, 0.6) is 5.75 Å². The van der Waals surface area contributed by atoms with Crippen molar-refractivity contribution in [3.05, 3.63) is 59.1 Å². The van der Waals surface area contributed by atoms with E-state index in [-0.39, 0.29) is 5.97 Å².